The highest BCUT2D eigenvalue weighted by molar-refractivity contribution is 5.97. The van der Waals surface area contributed by atoms with Gasteiger partial charge >= 0.3 is 0 Å². The maximum Gasteiger partial charge on any atom is 0.232 e. The van der Waals surface area contributed by atoms with Crippen molar-refractivity contribution in [2.24, 2.45) is 0 Å². The second-order valence-electron chi connectivity index (χ2n) is 7.33. The van der Waals surface area contributed by atoms with Gasteiger partial charge in [0.25, 0.3) is 0 Å². The molecule has 144 valence electrons. The Morgan fingerprint density at radius 2 is 2.00 bits per heavy atom. The number of benzene rings is 2. The molecule has 0 bridgehead atoms. The van der Waals surface area contributed by atoms with E-state index in [9.17, 15) is 4.79 Å². The van der Waals surface area contributed by atoms with E-state index in [1.165, 1.54) is 11.1 Å². The molecular formula is C23H25N3O2. The van der Waals surface area contributed by atoms with Crippen LogP contribution in [0, 0.1) is 13.8 Å². The van der Waals surface area contributed by atoms with Crippen molar-refractivity contribution in [1.82, 2.24) is 9.78 Å². The predicted octanol–water partition coefficient (Wildman–Crippen LogP) is 4.23. The van der Waals surface area contributed by atoms with E-state index in [2.05, 4.69) is 28.6 Å². The maximum absolute atomic E-state index is 13.1. The number of rotatable bonds is 5. The Kier molecular flexibility index (Phi) is 4.90. The summed E-state index contributed by atoms with van der Waals surface area (Å²) in [5, 5.41) is 7.78. The smallest absolute Gasteiger partial charge is 0.232 e. The number of anilines is 1. The molecule has 3 aromatic rings. The molecule has 5 heteroatoms. The lowest BCUT2D eigenvalue weighted by Crippen LogP contribution is -2.20. The fraction of sp³-hybridized carbons (Fsp3) is 0.304. The quantitative estimate of drug-likeness (QED) is 0.726. The molecule has 0 saturated carbocycles. The topological polar surface area (TPSA) is 56.1 Å². The Hall–Kier alpha value is -3.08. The van der Waals surface area contributed by atoms with Crippen molar-refractivity contribution in [1.29, 1.82) is 0 Å². The van der Waals surface area contributed by atoms with Gasteiger partial charge in [0.2, 0.25) is 5.91 Å². The van der Waals surface area contributed by atoms with Gasteiger partial charge in [-0.2, -0.15) is 5.10 Å². The van der Waals surface area contributed by atoms with Crippen LogP contribution >= 0.6 is 0 Å². The van der Waals surface area contributed by atoms with Crippen LogP contribution in [0.5, 0.6) is 5.75 Å². The largest absolute Gasteiger partial charge is 0.497 e. The summed E-state index contributed by atoms with van der Waals surface area (Å²) in [6.45, 7) is 4.63. The van der Waals surface area contributed by atoms with Crippen LogP contribution < -0.4 is 10.1 Å². The summed E-state index contributed by atoms with van der Waals surface area (Å²) in [7, 11) is 1.65. The van der Waals surface area contributed by atoms with E-state index in [0.29, 0.717) is 6.54 Å². The first-order chi connectivity index (χ1) is 13.6. The van der Waals surface area contributed by atoms with Gasteiger partial charge in [0, 0.05) is 0 Å². The van der Waals surface area contributed by atoms with Gasteiger partial charge < -0.3 is 10.1 Å². The number of methoxy groups -OCH3 is 1. The molecule has 1 aliphatic rings. The molecule has 0 fully saturated rings. The van der Waals surface area contributed by atoms with Crippen LogP contribution in [0.4, 0.5) is 5.69 Å². The molecule has 1 aliphatic carbocycles. The van der Waals surface area contributed by atoms with Gasteiger partial charge in [-0.05, 0) is 55.5 Å². The molecule has 1 aromatic heterocycles. The first-order valence-electron chi connectivity index (χ1n) is 9.62. The molecule has 0 spiro atoms. The van der Waals surface area contributed by atoms with Gasteiger partial charge in [0.05, 0.1) is 36.6 Å². The lowest BCUT2D eigenvalue weighted by Gasteiger charge is -2.14. The Balaban J connectivity index is 1.55. The average molecular weight is 375 g/mol. The van der Waals surface area contributed by atoms with Crippen LogP contribution in [0.1, 0.15) is 40.4 Å². The number of hydrogen-bond acceptors (Lipinski definition) is 3. The number of fused-ring (bicyclic) bond motifs is 1. The minimum absolute atomic E-state index is 0.0254. The zero-order valence-corrected chi connectivity index (χ0v) is 16.5. The Bertz CT molecular complexity index is 1010. The molecule has 4 rings (SSSR count). The van der Waals surface area contributed by atoms with Gasteiger partial charge in [-0.1, -0.05) is 36.4 Å². The average Bonchev–Trinajstić information content (AvgIpc) is 3.24. The molecule has 0 saturated heterocycles. The van der Waals surface area contributed by atoms with Crippen LogP contribution in [-0.4, -0.2) is 22.8 Å². The molecule has 1 heterocycles. The Morgan fingerprint density at radius 1 is 1.21 bits per heavy atom. The minimum atomic E-state index is -0.152. The van der Waals surface area contributed by atoms with Gasteiger partial charge in [-0.3, -0.25) is 9.48 Å². The zero-order chi connectivity index (χ0) is 19.7. The van der Waals surface area contributed by atoms with Gasteiger partial charge in [-0.25, -0.2) is 0 Å². The Labute approximate surface area is 165 Å². The monoisotopic (exact) mass is 375 g/mol. The molecule has 1 atom stereocenters. The van der Waals surface area contributed by atoms with Gasteiger partial charge in [-0.15, -0.1) is 0 Å². The number of nitrogens with zero attached hydrogens (tertiary/aromatic N) is 2. The highest BCUT2D eigenvalue weighted by Gasteiger charge is 2.30. The standard InChI is InChI=1S/C23H25N3O2/c1-15-22(16(2)26(25-15)14-17-7-5-4-6-8-17)24-23(27)20-12-10-18-9-11-19(28-3)13-21(18)20/h4-9,11,13,20H,10,12,14H2,1-3H3,(H,24,27). The van der Waals surface area contributed by atoms with Crippen molar-refractivity contribution in [3.63, 3.8) is 0 Å². The summed E-state index contributed by atoms with van der Waals surface area (Å²) >= 11 is 0. The molecule has 1 N–H and O–H groups in total. The maximum atomic E-state index is 13.1. The number of carbonyl (C=O) groups excluding carboxylic acids is 1. The van der Waals surface area contributed by atoms with E-state index in [1.54, 1.807) is 7.11 Å². The van der Waals surface area contributed by atoms with Crippen molar-refractivity contribution in [3.8, 4) is 5.75 Å². The van der Waals surface area contributed by atoms with E-state index in [4.69, 9.17) is 4.74 Å². The van der Waals surface area contributed by atoms with Crippen LogP contribution in [0.3, 0.4) is 0 Å². The molecule has 28 heavy (non-hydrogen) atoms. The van der Waals surface area contributed by atoms with Crippen molar-refractivity contribution in [2.45, 2.75) is 39.2 Å². The molecule has 1 unspecified atom stereocenters. The third kappa shape index (κ3) is 3.40. The van der Waals surface area contributed by atoms with Crippen molar-refractivity contribution < 1.29 is 9.53 Å². The first-order valence-corrected chi connectivity index (χ1v) is 9.62. The molecule has 0 radical (unpaired) electrons. The number of aryl methyl sites for hydroxylation is 2. The van der Waals surface area contributed by atoms with E-state index in [0.717, 1.165) is 41.2 Å². The van der Waals surface area contributed by atoms with Gasteiger partial charge in [0.1, 0.15) is 5.75 Å². The van der Waals surface area contributed by atoms with Crippen molar-refractivity contribution in [2.75, 3.05) is 12.4 Å². The highest BCUT2D eigenvalue weighted by atomic mass is 16.5. The van der Waals surface area contributed by atoms with E-state index in [1.807, 2.05) is 48.9 Å². The normalized spacial score (nSPS) is 15.3. The fourth-order valence-electron chi connectivity index (χ4n) is 3.98. The van der Waals surface area contributed by atoms with E-state index in [-0.39, 0.29) is 11.8 Å². The van der Waals surface area contributed by atoms with Crippen LogP contribution in [0.2, 0.25) is 0 Å². The Morgan fingerprint density at radius 3 is 2.75 bits per heavy atom. The number of ether oxygens (including phenoxy) is 1. The van der Waals surface area contributed by atoms with Crippen LogP contribution in [-0.2, 0) is 17.8 Å². The van der Waals surface area contributed by atoms with Crippen LogP contribution in [0.15, 0.2) is 48.5 Å². The number of nitrogens with one attached hydrogen (secondary N) is 1. The zero-order valence-electron chi connectivity index (χ0n) is 16.5. The predicted molar refractivity (Wildman–Crippen MR) is 110 cm³/mol. The van der Waals surface area contributed by atoms with Gasteiger partial charge in [0.15, 0.2) is 0 Å². The second-order valence-corrected chi connectivity index (χ2v) is 7.33. The SMILES string of the molecule is COc1ccc2c(c1)C(C(=O)Nc1c(C)nn(Cc3ccccc3)c1C)CC2. The second kappa shape index (κ2) is 7.50. The lowest BCUT2D eigenvalue weighted by molar-refractivity contribution is -0.117. The summed E-state index contributed by atoms with van der Waals surface area (Å²) in [5.74, 6) is 0.667. The van der Waals surface area contributed by atoms with Crippen LogP contribution in [0.25, 0.3) is 0 Å². The molecular weight excluding hydrogens is 350 g/mol. The van der Waals surface area contributed by atoms with Crippen molar-refractivity contribution >= 4 is 11.6 Å². The lowest BCUT2D eigenvalue weighted by atomic mass is 10.00. The van der Waals surface area contributed by atoms with E-state index < -0.39 is 0 Å². The first kappa shape index (κ1) is 18.3. The summed E-state index contributed by atoms with van der Waals surface area (Å²) in [4.78, 5) is 13.1. The summed E-state index contributed by atoms with van der Waals surface area (Å²) in [6.07, 6.45) is 1.74. The summed E-state index contributed by atoms with van der Waals surface area (Å²) in [6, 6.07) is 16.2. The summed E-state index contributed by atoms with van der Waals surface area (Å²) < 4.78 is 7.29. The summed E-state index contributed by atoms with van der Waals surface area (Å²) in [5.41, 5.74) is 6.11. The number of carbonyl (C=O) groups is 1. The number of aromatic nitrogens is 2. The van der Waals surface area contributed by atoms with E-state index >= 15 is 0 Å². The third-order valence-corrected chi connectivity index (χ3v) is 5.55. The minimum Gasteiger partial charge on any atom is -0.497 e. The molecule has 5 nitrogen and oxygen atoms in total. The fourth-order valence-corrected chi connectivity index (χ4v) is 3.98. The third-order valence-electron chi connectivity index (χ3n) is 5.55. The number of hydrogen-bond donors (Lipinski definition) is 1. The molecule has 2 aromatic carbocycles. The number of amides is 1. The van der Waals surface area contributed by atoms with Crippen molar-refractivity contribution in [3.05, 3.63) is 76.6 Å². The molecule has 0 aliphatic heterocycles. The highest BCUT2D eigenvalue weighted by Crippen LogP contribution is 2.36. The molecule has 1 amide bonds.